The number of nitrogens with two attached hydrogens (primary N) is 1. The van der Waals surface area contributed by atoms with Crippen LogP contribution in [0.2, 0.25) is 0 Å². The molecule has 0 aliphatic heterocycles. The molecule has 0 bridgehead atoms. The van der Waals surface area contributed by atoms with E-state index >= 15 is 0 Å². The second kappa shape index (κ2) is 6.64. The molecule has 0 aliphatic rings. The quantitative estimate of drug-likeness (QED) is 0.813. The minimum atomic E-state index is 0.0502. The minimum Gasteiger partial charge on any atom is -0.397 e. The molecule has 1 aromatic carbocycles. The van der Waals surface area contributed by atoms with Gasteiger partial charge in [-0.15, -0.1) is 0 Å². The molecule has 19 heavy (non-hydrogen) atoms. The second-order valence-electron chi connectivity index (χ2n) is 4.31. The van der Waals surface area contributed by atoms with Crippen molar-refractivity contribution in [1.29, 1.82) is 5.26 Å². The number of anilines is 2. The van der Waals surface area contributed by atoms with Crippen LogP contribution in [0.4, 0.5) is 11.4 Å². The average molecular weight is 260 g/mol. The number of rotatable bonds is 5. The Hall–Kier alpha value is -2.22. The molecule has 0 atom stereocenters. The first-order valence-electron chi connectivity index (χ1n) is 6.32. The maximum absolute atomic E-state index is 12.0. The summed E-state index contributed by atoms with van der Waals surface area (Å²) in [5, 5.41) is 8.90. The number of nitriles is 1. The van der Waals surface area contributed by atoms with Gasteiger partial charge in [-0.3, -0.25) is 4.79 Å². The summed E-state index contributed by atoms with van der Waals surface area (Å²) in [7, 11) is 1.80. The third-order valence-corrected chi connectivity index (χ3v) is 3.06. The first-order chi connectivity index (χ1) is 9.03. The zero-order valence-electron chi connectivity index (χ0n) is 11.7. The summed E-state index contributed by atoms with van der Waals surface area (Å²) in [4.78, 5) is 15.6. The van der Waals surface area contributed by atoms with E-state index in [4.69, 9.17) is 11.0 Å². The lowest BCUT2D eigenvalue weighted by atomic mass is 10.1. The molecule has 0 radical (unpaired) electrons. The number of nitrogen functional groups attached to an aromatic ring is 1. The fraction of sp³-hybridized carbons (Fsp3) is 0.429. The molecule has 1 amide bonds. The average Bonchev–Trinajstić information content (AvgIpc) is 2.40. The van der Waals surface area contributed by atoms with Crippen molar-refractivity contribution in [1.82, 2.24) is 4.90 Å². The number of likely N-dealkylation sites (N-methyl/N-ethyl adjacent to an activating group) is 2. The van der Waals surface area contributed by atoms with Crippen molar-refractivity contribution in [2.24, 2.45) is 0 Å². The van der Waals surface area contributed by atoms with Crippen LogP contribution in [0.3, 0.4) is 0 Å². The lowest BCUT2D eigenvalue weighted by Gasteiger charge is -2.25. The van der Waals surface area contributed by atoms with Gasteiger partial charge in [0, 0.05) is 20.1 Å². The fourth-order valence-corrected chi connectivity index (χ4v) is 1.91. The Morgan fingerprint density at radius 3 is 2.53 bits per heavy atom. The van der Waals surface area contributed by atoms with Crippen LogP contribution in [0.5, 0.6) is 0 Å². The summed E-state index contributed by atoms with van der Waals surface area (Å²) in [6, 6.07) is 7.12. The largest absolute Gasteiger partial charge is 0.397 e. The molecule has 0 saturated heterocycles. The van der Waals surface area contributed by atoms with Gasteiger partial charge in [-0.2, -0.15) is 5.26 Å². The van der Waals surface area contributed by atoms with Crippen molar-refractivity contribution in [2.45, 2.75) is 13.8 Å². The molecule has 2 N–H and O–H groups in total. The van der Waals surface area contributed by atoms with Crippen molar-refractivity contribution < 1.29 is 4.79 Å². The second-order valence-corrected chi connectivity index (χ2v) is 4.31. The number of nitrogens with zero attached hydrogens (tertiary/aromatic N) is 3. The van der Waals surface area contributed by atoms with E-state index in [0.29, 0.717) is 30.0 Å². The third-order valence-electron chi connectivity index (χ3n) is 3.06. The van der Waals surface area contributed by atoms with Crippen molar-refractivity contribution in [3.05, 3.63) is 23.8 Å². The van der Waals surface area contributed by atoms with Crippen LogP contribution in [0.25, 0.3) is 0 Å². The molecule has 102 valence electrons. The van der Waals surface area contributed by atoms with Crippen LogP contribution in [0.1, 0.15) is 19.4 Å². The number of carbonyl (C=O) groups is 1. The molecular weight excluding hydrogens is 240 g/mol. The summed E-state index contributed by atoms with van der Waals surface area (Å²) in [6.45, 7) is 5.53. The van der Waals surface area contributed by atoms with Crippen molar-refractivity contribution in [2.75, 3.05) is 37.3 Å². The highest BCUT2D eigenvalue weighted by Crippen LogP contribution is 2.23. The lowest BCUT2D eigenvalue weighted by molar-refractivity contribution is -0.129. The van der Waals surface area contributed by atoms with Gasteiger partial charge in [0.25, 0.3) is 0 Å². The predicted molar refractivity (Wildman–Crippen MR) is 76.8 cm³/mol. The van der Waals surface area contributed by atoms with Crippen LogP contribution in [0, 0.1) is 11.3 Å². The number of amides is 1. The summed E-state index contributed by atoms with van der Waals surface area (Å²) < 4.78 is 0. The topological polar surface area (TPSA) is 73.4 Å². The normalized spacial score (nSPS) is 9.79. The van der Waals surface area contributed by atoms with Gasteiger partial charge >= 0.3 is 0 Å². The number of carbonyl (C=O) groups excluding carboxylic acids is 1. The van der Waals surface area contributed by atoms with E-state index in [1.54, 1.807) is 35.0 Å². The predicted octanol–water partition coefficient (Wildman–Crippen LogP) is 1.45. The monoisotopic (exact) mass is 260 g/mol. The molecule has 0 fully saturated rings. The Kier molecular flexibility index (Phi) is 5.19. The van der Waals surface area contributed by atoms with Crippen molar-refractivity contribution in [3.63, 3.8) is 0 Å². The first-order valence-corrected chi connectivity index (χ1v) is 6.32. The van der Waals surface area contributed by atoms with Crippen LogP contribution >= 0.6 is 0 Å². The van der Waals surface area contributed by atoms with E-state index in [0.717, 1.165) is 0 Å². The highest BCUT2D eigenvalue weighted by Gasteiger charge is 2.14. The molecule has 0 heterocycles. The van der Waals surface area contributed by atoms with E-state index < -0.39 is 0 Å². The Balaban J connectivity index is 2.86. The van der Waals surface area contributed by atoms with Gasteiger partial charge < -0.3 is 15.5 Å². The molecule has 0 saturated carbocycles. The van der Waals surface area contributed by atoms with Crippen LogP contribution in [-0.2, 0) is 4.79 Å². The minimum absolute atomic E-state index is 0.0502. The van der Waals surface area contributed by atoms with Gasteiger partial charge in [0.1, 0.15) is 0 Å². The van der Waals surface area contributed by atoms with Crippen LogP contribution in [-0.4, -0.2) is 37.5 Å². The Morgan fingerprint density at radius 2 is 2.00 bits per heavy atom. The van der Waals surface area contributed by atoms with E-state index in [-0.39, 0.29) is 12.5 Å². The number of hydrogen-bond donors (Lipinski definition) is 1. The van der Waals surface area contributed by atoms with Gasteiger partial charge in [-0.1, -0.05) is 0 Å². The molecule has 5 nitrogen and oxygen atoms in total. The number of hydrogen-bond acceptors (Lipinski definition) is 4. The third kappa shape index (κ3) is 3.62. The summed E-state index contributed by atoms with van der Waals surface area (Å²) >= 11 is 0. The van der Waals surface area contributed by atoms with E-state index in [9.17, 15) is 4.79 Å². The number of benzene rings is 1. The summed E-state index contributed by atoms with van der Waals surface area (Å²) in [5.74, 6) is 0.0502. The molecule has 0 aliphatic carbocycles. The lowest BCUT2D eigenvalue weighted by Crippen LogP contribution is -2.39. The Labute approximate surface area is 114 Å². The molecule has 0 aromatic heterocycles. The first kappa shape index (κ1) is 14.8. The van der Waals surface area contributed by atoms with E-state index in [1.165, 1.54) is 0 Å². The zero-order chi connectivity index (χ0) is 14.4. The molecule has 5 heteroatoms. The Morgan fingerprint density at radius 1 is 1.37 bits per heavy atom. The molecule has 0 spiro atoms. The molecular formula is C14H20N4O. The standard InChI is InChI=1S/C14H20N4O/c1-4-18(5-2)14(19)10-17(3)13-8-11(9-15)6-7-12(13)16/h6-8H,4-5,10,16H2,1-3H3. The summed E-state index contributed by atoms with van der Waals surface area (Å²) in [5.41, 5.74) is 7.69. The molecule has 0 unspecified atom stereocenters. The fourth-order valence-electron chi connectivity index (χ4n) is 1.91. The summed E-state index contributed by atoms with van der Waals surface area (Å²) in [6.07, 6.45) is 0. The van der Waals surface area contributed by atoms with Gasteiger partial charge in [0.2, 0.25) is 5.91 Å². The van der Waals surface area contributed by atoms with Gasteiger partial charge in [-0.25, -0.2) is 0 Å². The van der Waals surface area contributed by atoms with Gasteiger partial charge in [0.05, 0.1) is 29.6 Å². The molecule has 1 rings (SSSR count). The highest BCUT2D eigenvalue weighted by atomic mass is 16.2. The van der Waals surface area contributed by atoms with Crippen LogP contribution < -0.4 is 10.6 Å². The zero-order valence-corrected chi connectivity index (χ0v) is 11.7. The maximum Gasteiger partial charge on any atom is 0.242 e. The van der Waals surface area contributed by atoms with E-state index in [1.807, 2.05) is 13.8 Å². The molecule has 1 aromatic rings. The van der Waals surface area contributed by atoms with Gasteiger partial charge in [-0.05, 0) is 32.0 Å². The highest BCUT2D eigenvalue weighted by molar-refractivity contribution is 5.83. The van der Waals surface area contributed by atoms with Crippen molar-refractivity contribution >= 4 is 17.3 Å². The van der Waals surface area contributed by atoms with E-state index in [2.05, 4.69) is 6.07 Å². The smallest absolute Gasteiger partial charge is 0.242 e. The SMILES string of the molecule is CCN(CC)C(=O)CN(C)c1cc(C#N)ccc1N. The van der Waals surface area contributed by atoms with Crippen molar-refractivity contribution in [3.8, 4) is 6.07 Å². The maximum atomic E-state index is 12.0. The van der Waals surface area contributed by atoms with Crippen LogP contribution in [0.15, 0.2) is 18.2 Å². The Bertz CT molecular complexity index is 489. The van der Waals surface area contributed by atoms with Gasteiger partial charge in [0.15, 0.2) is 0 Å².